The summed E-state index contributed by atoms with van der Waals surface area (Å²) in [7, 11) is 0. The number of rotatable bonds is 5. The van der Waals surface area contributed by atoms with E-state index in [2.05, 4.69) is 5.32 Å². The van der Waals surface area contributed by atoms with Crippen molar-refractivity contribution in [3.8, 4) is 0 Å². The molecule has 2 rings (SSSR count). The Bertz CT molecular complexity index is 533. The van der Waals surface area contributed by atoms with Crippen LogP contribution in [-0.4, -0.2) is 35.2 Å². The number of nitrogens with one attached hydrogen (secondary N) is 2. The van der Waals surface area contributed by atoms with Gasteiger partial charge in [-0.3, -0.25) is 9.63 Å². The smallest absolute Gasteiger partial charge is 0.408 e. The van der Waals surface area contributed by atoms with Gasteiger partial charge in [-0.2, -0.15) is 0 Å². The summed E-state index contributed by atoms with van der Waals surface area (Å²) >= 11 is 0. The molecule has 0 saturated carbocycles. The molecule has 0 aliphatic carbocycles. The molecule has 1 aliphatic rings. The summed E-state index contributed by atoms with van der Waals surface area (Å²) in [5.41, 5.74) is 2.81. The Kier molecular flexibility index (Phi) is 4.72. The normalized spacial score (nSPS) is 18.7. The first kappa shape index (κ1) is 14.8. The van der Waals surface area contributed by atoms with Gasteiger partial charge in [0, 0.05) is 0 Å². The Morgan fingerprint density at radius 2 is 2.14 bits per heavy atom. The van der Waals surface area contributed by atoms with Crippen LogP contribution in [0.15, 0.2) is 30.3 Å². The minimum absolute atomic E-state index is 0.0156. The second kappa shape index (κ2) is 6.71. The molecule has 0 aromatic heterocycles. The second-order valence-corrected chi connectivity index (χ2v) is 4.41. The van der Waals surface area contributed by atoms with Crippen molar-refractivity contribution in [1.82, 2.24) is 10.8 Å². The summed E-state index contributed by atoms with van der Waals surface area (Å²) in [5, 5.41) is 11.2. The highest BCUT2D eigenvalue weighted by Crippen LogP contribution is 2.10. The number of hydroxylamine groups is 1. The molecular formula is C13H14N2O6. The van der Waals surface area contributed by atoms with Gasteiger partial charge in [-0.05, 0) is 5.56 Å². The average molecular weight is 294 g/mol. The number of hydrogen-bond donors (Lipinski definition) is 3. The zero-order valence-corrected chi connectivity index (χ0v) is 10.9. The second-order valence-electron chi connectivity index (χ2n) is 4.41. The van der Waals surface area contributed by atoms with Crippen LogP contribution in [-0.2, 0) is 25.8 Å². The standard InChI is InChI=1S/C13H14N2O6/c16-10-6-9(21-15-10)11(12(17)18)14-13(19)20-7-8-4-2-1-3-5-8/h1-5,9,11H,6-7H2,(H,14,19)(H,15,16)(H,17,18)/t9?,11-/m0/s1. The lowest BCUT2D eigenvalue weighted by Gasteiger charge is -2.18. The molecule has 0 spiro atoms. The maximum Gasteiger partial charge on any atom is 0.408 e. The lowest BCUT2D eigenvalue weighted by molar-refractivity contribution is -0.144. The number of aliphatic carboxylic acids is 1. The van der Waals surface area contributed by atoms with E-state index in [0.29, 0.717) is 0 Å². The molecule has 0 radical (unpaired) electrons. The van der Waals surface area contributed by atoms with E-state index < -0.39 is 30.1 Å². The highest BCUT2D eigenvalue weighted by atomic mass is 16.7. The fraction of sp³-hybridized carbons (Fsp3) is 0.308. The predicted molar refractivity (Wildman–Crippen MR) is 68.8 cm³/mol. The van der Waals surface area contributed by atoms with E-state index in [1.807, 2.05) is 11.5 Å². The van der Waals surface area contributed by atoms with Crippen LogP contribution in [0.4, 0.5) is 4.79 Å². The molecule has 1 aromatic carbocycles. The van der Waals surface area contributed by atoms with Crippen LogP contribution >= 0.6 is 0 Å². The Labute approximate surface area is 120 Å². The maximum atomic E-state index is 11.6. The fourth-order valence-electron chi connectivity index (χ4n) is 1.80. The van der Waals surface area contributed by atoms with E-state index in [0.717, 1.165) is 5.56 Å². The van der Waals surface area contributed by atoms with Crippen molar-refractivity contribution < 1.29 is 29.1 Å². The Balaban J connectivity index is 1.87. The number of carbonyl (C=O) groups is 3. The van der Waals surface area contributed by atoms with Gasteiger partial charge in [0.15, 0.2) is 6.04 Å². The van der Waals surface area contributed by atoms with Gasteiger partial charge in [0.1, 0.15) is 12.7 Å². The molecule has 1 aromatic rings. The lowest BCUT2D eigenvalue weighted by atomic mass is 10.1. The quantitative estimate of drug-likeness (QED) is 0.714. The van der Waals surface area contributed by atoms with Crippen molar-refractivity contribution in [3.05, 3.63) is 35.9 Å². The van der Waals surface area contributed by atoms with Gasteiger partial charge in [0.05, 0.1) is 6.42 Å². The SMILES string of the molecule is O=C1CC([C@H](NC(=O)OCc2ccccc2)C(=O)O)ON1. The van der Waals surface area contributed by atoms with Gasteiger partial charge >= 0.3 is 12.1 Å². The van der Waals surface area contributed by atoms with Gasteiger partial charge in [-0.1, -0.05) is 30.3 Å². The molecule has 8 nitrogen and oxygen atoms in total. The number of alkyl carbamates (subject to hydrolysis) is 1. The summed E-state index contributed by atoms with van der Waals surface area (Å²) in [6.45, 7) is 0.0156. The number of hydrogen-bond acceptors (Lipinski definition) is 5. The van der Waals surface area contributed by atoms with Crippen molar-refractivity contribution in [2.75, 3.05) is 0 Å². The van der Waals surface area contributed by atoms with Crippen LogP contribution in [0.5, 0.6) is 0 Å². The van der Waals surface area contributed by atoms with Gasteiger partial charge in [-0.25, -0.2) is 15.1 Å². The molecule has 1 aliphatic heterocycles. The van der Waals surface area contributed by atoms with E-state index >= 15 is 0 Å². The number of amides is 2. The Morgan fingerprint density at radius 3 is 2.71 bits per heavy atom. The zero-order chi connectivity index (χ0) is 15.2. The molecule has 1 unspecified atom stereocenters. The molecule has 2 amide bonds. The molecule has 8 heteroatoms. The summed E-state index contributed by atoms with van der Waals surface area (Å²) in [6, 6.07) is 7.58. The van der Waals surface area contributed by atoms with E-state index in [9.17, 15) is 14.4 Å². The Morgan fingerprint density at radius 1 is 1.43 bits per heavy atom. The molecule has 3 N–H and O–H groups in total. The van der Waals surface area contributed by atoms with Crippen LogP contribution in [0.25, 0.3) is 0 Å². The van der Waals surface area contributed by atoms with Crippen molar-refractivity contribution in [3.63, 3.8) is 0 Å². The first-order chi connectivity index (χ1) is 10.1. The molecular weight excluding hydrogens is 280 g/mol. The molecule has 1 heterocycles. The molecule has 0 bridgehead atoms. The highest BCUT2D eigenvalue weighted by Gasteiger charge is 2.37. The Hall–Kier alpha value is -2.61. The van der Waals surface area contributed by atoms with Gasteiger partial charge in [0.2, 0.25) is 5.91 Å². The molecule has 1 fully saturated rings. The third kappa shape index (κ3) is 4.18. The summed E-state index contributed by atoms with van der Waals surface area (Å²) in [6.07, 6.45) is -2.01. The van der Waals surface area contributed by atoms with E-state index in [-0.39, 0.29) is 13.0 Å². The van der Waals surface area contributed by atoms with Crippen molar-refractivity contribution in [2.45, 2.75) is 25.2 Å². The largest absolute Gasteiger partial charge is 0.480 e. The molecule has 1 saturated heterocycles. The topological polar surface area (TPSA) is 114 Å². The van der Waals surface area contributed by atoms with Crippen LogP contribution in [0.3, 0.4) is 0 Å². The number of carbonyl (C=O) groups excluding carboxylic acids is 2. The minimum atomic E-state index is -1.37. The third-order valence-corrected chi connectivity index (χ3v) is 2.83. The van der Waals surface area contributed by atoms with Gasteiger partial charge in [0.25, 0.3) is 0 Å². The summed E-state index contributed by atoms with van der Waals surface area (Å²) in [4.78, 5) is 38.5. The average Bonchev–Trinajstić information content (AvgIpc) is 2.89. The summed E-state index contributed by atoms with van der Waals surface area (Å²) < 4.78 is 4.92. The van der Waals surface area contributed by atoms with Crippen LogP contribution in [0.1, 0.15) is 12.0 Å². The van der Waals surface area contributed by atoms with Gasteiger partial charge < -0.3 is 15.2 Å². The van der Waals surface area contributed by atoms with Crippen LogP contribution in [0, 0.1) is 0 Å². The minimum Gasteiger partial charge on any atom is -0.480 e. The lowest BCUT2D eigenvalue weighted by Crippen LogP contribution is -2.49. The van der Waals surface area contributed by atoms with E-state index in [1.165, 1.54) is 0 Å². The van der Waals surface area contributed by atoms with E-state index in [4.69, 9.17) is 14.7 Å². The third-order valence-electron chi connectivity index (χ3n) is 2.83. The van der Waals surface area contributed by atoms with Gasteiger partial charge in [-0.15, -0.1) is 0 Å². The maximum absolute atomic E-state index is 11.6. The molecule has 21 heavy (non-hydrogen) atoms. The van der Waals surface area contributed by atoms with Crippen LogP contribution < -0.4 is 10.8 Å². The zero-order valence-electron chi connectivity index (χ0n) is 10.9. The van der Waals surface area contributed by atoms with E-state index in [1.54, 1.807) is 24.3 Å². The highest BCUT2D eigenvalue weighted by molar-refractivity contribution is 5.83. The first-order valence-electron chi connectivity index (χ1n) is 6.21. The summed E-state index contributed by atoms with van der Waals surface area (Å²) in [5.74, 6) is -1.75. The number of benzene rings is 1. The fourth-order valence-corrected chi connectivity index (χ4v) is 1.80. The van der Waals surface area contributed by atoms with Crippen molar-refractivity contribution in [1.29, 1.82) is 0 Å². The van der Waals surface area contributed by atoms with Crippen molar-refractivity contribution in [2.24, 2.45) is 0 Å². The number of ether oxygens (including phenoxy) is 1. The molecule has 2 atom stereocenters. The number of carboxylic acids is 1. The first-order valence-corrected chi connectivity index (χ1v) is 6.21. The monoisotopic (exact) mass is 294 g/mol. The van der Waals surface area contributed by atoms with Crippen LogP contribution in [0.2, 0.25) is 0 Å². The molecule has 112 valence electrons. The van der Waals surface area contributed by atoms with Crippen molar-refractivity contribution >= 4 is 18.0 Å². The predicted octanol–water partition coefficient (Wildman–Crippen LogP) is 0.186. The number of carboxylic acid groups (broad SMARTS) is 1.